The predicted octanol–water partition coefficient (Wildman–Crippen LogP) is 6.44. The van der Waals surface area contributed by atoms with Crippen LogP contribution in [0.15, 0.2) is 54.9 Å². The summed E-state index contributed by atoms with van der Waals surface area (Å²) in [4.78, 5) is 20.4. The van der Waals surface area contributed by atoms with Gasteiger partial charge in [0.25, 0.3) is 0 Å². The van der Waals surface area contributed by atoms with Gasteiger partial charge in [-0.1, -0.05) is 35.9 Å². The predicted molar refractivity (Wildman–Crippen MR) is 136 cm³/mol. The fourth-order valence-corrected chi connectivity index (χ4v) is 3.27. The van der Waals surface area contributed by atoms with Crippen LogP contribution in [0.25, 0.3) is 6.08 Å². The Hall–Kier alpha value is -3.65. The van der Waals surface area contributed by atoms with Gasteiger partial charge in [-0.15, -0.1) is 0 Å². The Morgan fingerprint density at radius 2 is 1.97 bits per heavy atom. The number of ether oxygens (including phenoxy) is 2. The number of aromatic nitrogens is 2. The van der Waals surface area contributed by atoms with Crippen LogP contribution in [0.2, 0.25) is 5.02 Å². The molecule has 0 atom stereocenters. The second-order valence-electron chi connectivity index (χ2n) is 8.70. The number of hydrogen-bond donors (Lipinski definition) is 2. The third kappa shape index (κ3) is 8.26. The molecule has 0 aliphatic carbocycles. The van der Waals surface area contributed by atoms with Crippen LogP contribution in [0.3, 0.4) is 0 Å². The van der Waals surface area contributed by atoms with Gasteiger partial charge >= 0.3 is 6.09 Å². The molecule has 1 aromatic heterocycles. The maximum atomic E-state index is 13.4. The van der Waals surface area contributed by atoms with Crippen LogP contribution >= 0.6 is 11.6 Å². The molecule has 3 rings (SSSR count). The minimum Gasteiger partial charge on any atom is -0.487 e. The van der Waals surface area contributed by atoms with Gasteiger partial charge in [0.15, 0.2) is 0 Å². The van der Waals surface area contributed by atoms with E-state index >= 15 is 0 Å². The highest BCUT2D eigenvalue weighted by Crippen LogP contribution is 2.30. The maximum absolute atomic E-state index is 13.4. The minimum atomic E-state index is -0.559. The molecule has 0 aliphatic rings. The highest BCUT2D eigenvalue weighted by molar-refractivity contribution is 6.32. The van der Waals surface area contributed by atoms with Crippen molar-refractivity contribution in [1.29, 1.82) is 0 Å². The molecule has 2 aromatic carbocycles. The SMILES string of the molecule is Cc1ncnc(Nc2ccc(OCc3cccc(F)c3)c(Cl)c2)c1/C=C/CNC(=O)OC(C)(C)C. The van der Waals surface area contributed by atoms with Crippen molar-refractivity contribution < 1.29 is 18.7 Å². The summed E-state index contributed by atoms with van der Waals surface area (Å²) in [7, 11) is 0. The Bertz CT molecular complexity index is 1210. The summed E-state index contributed by atoms with van der Waals surface area (Å²) in [5.74, 6) is 0.742. The summed E-state index contributed by atoms with van der Waals surface area (Å²) in [6.45, 7) is 7.76. The zero-order valence-electron chi connectivity index (χ0n) is 20.1. The molecule has 9 heteroatoms. The lowest BCUT2D eigenvalue weighted by atomic mass is 10.2. The summed E-state index contributed by atoms with van der Waals surface area (Å²) in [6.07, 6.45) is 4.59. The average Bonchev–Trinajstić information content (AvgIpc) is 2.76. The van der Waals surface area contributed by atoms with Crippen molar-refractivity contribution in [2.24, 2.45) is 0 Å². The van der Waals surface area contributed by atoms with Crippen molar-refractivity contribution in [3.63, 3.8) is 0 Å². The normalized spacial score (nSPS) is 11.4. The van der Waals surface area contributed by atoms with Crippen molar-refractivity contribution in [3.8, 4) is 5.75 Å². The molecule has 0 spiro atoms. The van der Waals surface area contributed by atoms with E-state index in [9.17, 15) is 9.18 Å². The summed E-state index contributed by atoms with van der Waals surface area (Å²) in [6, 6.07) is 11.5. The highest BCUT2D eigenvalue weighted by atomic mass is 35.5. The van der Waals surface area contributed by atoms with Crippen LogP contribution < -0.4 is 15.4 Å². The van der Waals surface area contributed by atoms with Crippen LogP contribution in [0.1, 0.15) is 37.6 Å². The number of anilines is 2. The number of rotatable bonds is 8. The number of aryl methyl sites for hydroxylation is 1. The molecule has 0 aliphatic heterocycles. The molecule has 1 heterocycles. The van der Waals surface area contributed by atoms with Crippen LogP contribution in [-0.2, 0) is 11.3 Å². The lowest BCUT2D eigenvalue weighted by molar-refractivity contribution is 0.0534. The van der Waals surface area contributed by atoms with E-state index in [4.69, 9.17) is 21.1 Å². The van der Waals surface area contributed by atoms with E-state index in [0.29, 0.717) is 27.8 Å². The first kappa shape index (κ1) is 26.0. The molecular formula is C26H28ClFN4O3. The number of nitrogens with zero attached hydrogens (tertiary/aromatic N) is 2. The number of amides is 1. The first-order valence-electron chi connectivity index (χ1n) is 11.0. The fourth-order valence-electron chi connectivity index (χ4n) is 3.04. The van der Waals surface area contributed by atoms with Crippen LogP contribution in [0.5, 0.6) is 5.75 Å². The minimum absolute atomic E-state index is 0.196. The van der Waals surface area contributed by atoms with Gasteiger partial charge in [-0.05, 0) is 63.6 Å². The smallest absolute Gasteiger partial charge is 0.407 e. The molecule has 3 aromatic rings. The second-order valence-corrected chi connectivity index (χ2v) is 9.10. The van der Waals surface area contributed by atoms with Gasteiger partial charge in [-0.3, -0.25) is 0 Å². The van der Waals surface area contributed by atoms with E-state index in [1.54, 1.807) is 51.1 Å². The lowest BCUT2D eigenvalue weighted by Gasteiger charge is -2.19. The largest absolute Gasteiger partial charge is 0.487 e. The van der Waals surface area contributed by atoms with Gasteiger partial charge in [0.2, 0.25) is 0 Å². The van der Waals surface area contributed by atoms with Crippen molar-refractivity contribution in [3.05, 3.63) is 82.5 Å². The highest BCUT2D eigenvalue weighted by Gasteiger charge is 2.15. The number of carbonyl (C=O) groups excluding carboxylic acids is 1. The molecule has 0 saturated heterocycles. The van der Waals surface area contributed by atoms with Gasteiger partial charge in [0.05, 0.1) is 10.7 Å². The van der Waals surface area contributed by atoms with Crippen LogP contribution in [0.4, 0.5) is 20.7 Å². The van der Waals surface area contributed by atoms with Crippen molar-refractivity contribution >= 4 is 35.3 Å². The average molecular weight is 499 g/mol. The lowest BCUT2D eigenvalue weighted by Crippen LogP contribution is -2.32. The molecule has 2 N–H and O–H groups in total. The quantitative estimate of drug-likeness (QED) is 0.372. The van der Waals surface area contributed by atoms with E-state index in [2.05, 4.69) is 20.6 Å². The number of alkyl carbamates (subject to hydrolysis) is 1. The Morgan fingerprint density at radius 3 is 2.69 bits per heavy atom. The zero-order valence-corrected chi connectivity index (χ0v) is 20.8. The Labute approximate surface area is 209 Å². The van der Waals surface area contributed by atoms with Gasteiger partial charge in [0.1, 0.15) is 35.9 Å². The van der Waals surface area contributed by atoms with E-state index in [-0.39, 0.29) is 19.0 Å². The Morgan fingerprint density at radius 1 is 1.17 bits per heavy atom. The molecule has 0 fully saturated rings. The third-order valence-electron chi connectivity index (χ3n) is 4.61. The zero-order chi connectivity index (χ0) is 25.4. The molecule has 0 unspecified atom stereocenters. The van der Waals surface area contributed by atoms with E-state index in [1.807, 2.05) is 19.1 Å². The standard InChI is InChI=1S/C26H28ClFN4O3/c1-17-21(9-6-12-29-25(33)35-26(2,3)4)24(31-16-30-17)32-20-10-11-23(22(27)14-20)34-15-18-7-5-8-19(28)13-18/h5-11,13-14,16H,12,15H2,1-4H3,(H,29,33)(H,30,31,32)/b9-6+. The van der Waals surface area contributed by atoms with E-state index in [0.717, 1.165) is 11.3 Å². The van der Waals surface area contributed by atoms with Crippen molar-refractivity contribution in [2.45, 2.75) is 39.9 Å². The maximum Gasteiger partial charge on any atom is 0.407 e. The number of nitrogens with one attached hydrogen (secondary N) is 2. The first-order valence-corrected chi connectivity index (χ1v) is 11.4. The number of hydrogen-bond acceptors (Lipinski definition) is 6. The third-order valence-corrected chi connectivity index (χ3v) is 4.90. The van der Waals surface area contributed by atoms with Crippen LogP contribution in [0, 0.1) is 12.7 Å². The molecule has 0 bridgehead atoms. The van der Waals surface area contributed by atoms with Gasteiger partial charge in [-0.2, -0.15) is 0 Å². The summed E-state index contributed by atoms with van der Waals surface area (Å²) < 4.78 is 24.3. The molecule has 0 saturated carbocycles. The fraction of sp³-hybridized carbons (Fsp3) is 0.269. The topological polar surface area (TPSA) is 85.4 Å². The summed E-state index contributed by atoms with van der Waals surface area (Å²) >= 11 is 6.40. The summed E-state index contributed by atoms with van der Waals surface area (Å²) in [5.41, 5.74) is 2.37. The molecule has 184 valence electrons. The van der Waals surface area contributed by atoms with E-state index < -0.39 is 11.7 Å². The molecule has 1 amide bonds. The molecule has 0 radical (unpaired) electrons. The van der Waals surface area contributed by atoms with E-state index in [1.165, 1.54) is 18.5 Å². The Kier molecular flexibility index (Phi) is 8.65. The Balaban J connectivity index is 1.65. The van der Waals surface area contributed by atoms with Crippen molar-refractivity contribution in [2.75, 3.05) is 11.9 Å². The first-order chi connectivity index (χ1) is 16.6. The monoisotopic (exact) mass is 498 g/mol. The van der Waals surface area contributed by atoms with Gasteiger partial charge in [-0.25, -0.2) is 19.2 Å². The number of halogens is 2. The molecule has 7 nitrogen and oxygen atoms in total. The van der Waals surface area contributed by atoms with Gasteiger partial charge in [0, 0.05) is 17.8 Å². The number of carbonyl (C=O) groups is 1. The number of benzene rings is 2. The van der Waals surface area contributed by atoms with Gasteiger partial charge < -0.3 is 20.1 Å². The van der Waals surface area contributed by atoms with Crippen LogP contribution in [-0.4, -0.2) is 28.2 Å². The molecule has 35 heavy (non-hydrogen) atoms. The molecular weight excluding hydrogens is 471 g/mol. The summed E-state index contributed by atoms with van der Waals surface area (Å²) in [5, 5.41) is 6.32. The second kappa shape index (κ2) is 11.7. The van der Waals surface area contributed by atoms with Crippen molar-refractivity contribution in [1.82, 2.24) is 15.3 Å².